The van der Waals surface area contributed by atoms with Crippen molar-refractivity contribution in [2.45, 2.75) is 25.4 Å². The number of nitrogens with zero attached hydrogens (tertiary/aromatic N) is 2. The van der Waals surface area contributed by atoms with Gasteiger partial charge in [-0.15, -0.1) is 12.4 Å². The number of halogens is 1. The summed E-state index contributed by atoms with van der Waals surface area (Å²) < 4.78 is 7.52. The fraction of sp³-hybridized carbons (Fsp3) is 0.357. The molecule has 3 rings (SSSR count). The lowest BCUT2D eigenvalue weighted by molar-refractivity contribution is 0.415. The molecule has 1 aliphatic rings. The van der Waals surface area contributed by atoms with Gasteiger partial charge in [0.1, 0.15) is 11.6 Å². The van der Waals surface area contributed by atoms with Crippen LogP contribution < -0.4 is 10.5 Å². The molecule has 102 valence electrons. The Morgan fingerprint density at radius 3 is 3.05 bits per heavy atom. The summed E-state index contributed by atoms with van der Waals surface area (Å²) in [5.41, 5.74) is 8.30. The van der Waals surface area contributed by atoms with Crippen LogP contribution in [-0.2, 0) is 13.0 Å². The molecule has 0 spiro atoms. The monoisotopic (exact) mass is 279 g/mol. The third-order valence-electron chi connectivity index (χ3n) is 3.46. The predicted molar refractivity (Wildman–Crippen MR) is 77.8 cm³/mol. The van der Waals surface area contributed by atoms with Crippen LogP contribution in [0.2, 0.25) is 0 Å². The van der Waals surface area contributed by atoms with E-state index in [4.69, 9.17) is 10.5 Å². The highest BCUT2D eigenvalue weighted by Gasteiger charge is 2.19. The highest BCUT2D eigenvalue weighted by molar-refractivity contribution is 5.85. The lowest BCUT2D eigenvalue weighted by Gasteiger charge is -2.21. The summed E-state index contributed by atoms with van der Waals surface area (Å²) >= 11 is 0. The zero-order valence-corrected chi connectivity index (χ0v) is 11.7. The van der Waals surface area contributed by atoms with Gasteiger partial charge in [-0.05, 0) is 18.6 Å². The molecule has 2 N–H and O–H groups in total. The number of aromatic nitrogens is 2. The van der Waals surface area contributed by atoms with Crippen molar-refractivity contribution < 1.29 is 4.74 Å². The normalized spacial score (nSPS) is 17.5. The van der Waals surface area contributed by atoms with E-state index in [1.807, 2.05) is 24.4 Å². The predicted octanol–water partition coefficient (Wildman–Crippen LogP) is 2.25. The maximum atomic E-state index is 5.98. The molecular weight excluding hydrogens is 262 g/mol. The molecule has 0 saturated carbocycles. The van der Waals surface area contributed by atoms with Gasteiger partial charge in [-0.2, -0.15) is 0 Å². The van der Waals surface area contributed by atoms with Crippen LogP contribution in [0.5, 0.6) is 5.75 Å². The van der Waals surface area contributed by atoms with Crippen molar-refractivity contribution in [3.63, 3.8) is 0 Å². The number of nitrogens with two attached hydrogens (primary N) is 1. The van der Waals surface area contributed by atoms with Gasteiger partial charge < -0.3 is 15.0 Å². The van der Waals surface area contributed by atoms with Crippen molar-refractivity contribution in [1.29, 1.82) is 0 Å². The molecule has 0 aliphatic carbocycles. The van der Waals surface area contributed by atoms with Gasteiger partial charge in [0.05, 0.1) is 7.11 Å². The Labute approximate surface area is 119 Å². The van der Waals surface area contributed by atoms with Crippen LogP contribution in [0.1, 0.15) is 12.1 Å². The van der Waals surface area contributed by atoms with Gasteiger partial charge in [-0.1, -0.05) is 12.1 Å². The topological polar surface area (TPSA) is 53.1 Å². The van der Waals surface area contributed by atoms with Crippen LogP contribution in [0.4, 0.5) is 0 Å². The molecule has 0 amide bonds. The van der Waals surface area contributed by atoms with Gasteiger partial charge in [0, 0.05) is 36.5 Å². The number of benzene rings is 1. The first-order valence-electron chi connectivity index (χ1n) is 6.22. The maximum absolute atomic E-state index is 5.98. The SMILES string of the molecule is COc1cccc(-c2ncc3n2CCC(N)C3)c1.Cl. The molecule has 0 fully saturated rings. The van der Waals surface area contributed by atoms with Crippen molar-refractivity contribution in [1.82, 2.24) is 9.55 Å². The molecule has 2 heterocycles. The van der Waals surface area contributed by atoms with E-state index in [1.165, 1.54) is 5.69 Å². The minimum absolute atomic E-state index is 0. The molecule has 1 aromatic carbocycles. The number of hydrogen-bond donors (Lipinski definition) is 1. The van der Waals surface area contributed by atoms with E-state index in [-0.39, 0.29) is 18.4 Å². The molecule has 2 aromatic rings. The van der Waals surface area contributed by atoms with E-state index < -0.39 is 0 Å². The van der Waals surface area contributed by atoms with E-state index in [0.717, 1.165) is 36.5 Å². The van der Waals surface area contributed by atoms with Crippen molar-refractivity contribution in [2.24, 2.45) is 5.73 Å². The van der Waals surface area contributed by atoms with Crippen molar-refractivity contribution in [3.8, 4) is 17.1 Å². The van der Waals surface area contributed by atoms with Gasteiger partial charge in [0.2, 0.25) is 0 Å². The molecule has 5 heteroatoms. The van der Waals surface area contributed by atoms with Crippen molar-refractivity contribution in [3.05, 3.63) is 36.2 Å². The Bertz CT molecular complexity index is 568. The zero-order valence-electron chi connectivity index (χ0n) is 10.9. The molecule has 1 unspecified atom stereocenters. The Morgan fingerprint density at radius 2 is 2.26 bits per heavy atom. The molecule has 0 bridgehead atoms. The smallest absolute Gasteiger partial charge is 0.140 e. The Kier molecular flexibility index (Phi) is 4.12. The number of rotatable bonds is 2. The quantitative estimate of drug-likeness (QED) is 0.917. The highest BCUT2D eigenvalue weighted by Crippen LogP contribution is 2.26. The molecule has 1 aromatic heterocycles. The van der Waals surface area contributed by atoms with Crippen LogP contribution >= 0.6 is 12.4 Å². The zero-order chi connectivity index (χ0) is 12.5. The van der Waals surface area contributed by atoms with Crippen LogP contribution in [-0.4, -0.2) is 22.7 Å². The first kappa shape index (κ1) is 13.9. The molecule has 0 saturated heterocycles. The van der Waals surface area contributed by atoms with Gasteiger partial charge in [-0.25, -0.2) is 4.98 Å². The summed E-state index contributed by atoms with van der Waals surface area (Å²) in [6.45, 7) is 0.947. The lowest BCUT2D eigenvalue weighted by atomic mass is 10.1. The van der Waals surface area contributed by atoms with Crippen LogP contribution in [0.25, 0.3) is 11.4 Å². The first-order chi connectivity index (χ1) is 8.78. The van der Waals surface area contributed by atoms with Gasteiger partial charge in [0.15, 0.2) is 0 Å². The van der Waals surface area contributed by atoms with Crippen molar-refractivity contribution in [2.75, 3.05) is 7.11 Å². The largest absolute Gasteiger partial charge is 0.497 e. The summed E-state index contributed by atoms with van der Waals surface area (Å²) in [5.74, 6) is 1.87. The minimum atomic E-state index is 0. The third-order valence-corrected chi connectivity index (χ3v) is 3.46. The van der Waals surface area contributed by atoms with Gasteiger partial charge >= 0.3 is 0 Å². The number of ether oxygens (including phenoxy) is 1. The lowest BCUT2D eigenvalue weighted by Crippen LogP contribution is -2.30. The summed E-state index contributed by atoms with van der Waals surface area (Å²) in [4.78, 5) is 4.53. The second-order valence-electron chi connectivity index (χ2n) is 4.71. The second-order valence-corrected chi connectivity index (χ2v) is 4.71. The summed E-state index contributed by atoms with van der Waals surface area (Å²) in [5, 5.41) is 0. The van der Waals surface area contributed by atoms with Gasteiger partial charge in [0.25, 0.3) is 0 Å². The summed E-state index contributed by atoms with van der Waals surface area (Å²) in [7, 11) is 1.68. The number of methoxy groups -OCH3 is 1. The number of hydrogen-bond acceptors (Lipinski definition) is 3. The van der Waals surface area contributed by atoms with E-state index >= 15 is 0 Å². The fourth-order valence-electron chi connectivity index (χ4n) is 2.48. The molecular formula is C14H18ClN3O. The van der Waals surface area contributed by atoms with E-state index in [1.54, 1.807) is 7.11 Å². The highest BCUT2D eigenvalue weighted by atomic mass is 35.5. The van der Waals surface area contributed by atoms with E-state index in [9.17, 15) is 0 Å². The minimum Gasteiger partial charge on any atom is -0.497 e. The molecule has 0 radical (unpaired) electrons. The number of imidazole rings is 1. The molecule has 4 nitrogen and oxygen atoms in total. The number of fused-ring (bicyclic) bond motifs is 1. The first-order valence-corrected chi connectivity index (χ1v) is 6.22. The molecule has 1 atom stereocenters. The van der Waals surface area contributed by atoms with E-state index in [0.29, 0.717) is 0 Å². The van der Waals surface area contributed by atoms with E-state index in [2.05, 4.69) is 15.6 Å². The summed E-state index contributed by atoms with van der Waals surface area (Å²) in [6, 6.07) is 8.29. The van der Waals surface area contributed by atoms with Crippen LogP contribution in [0.15, 0.2) is 30.5 Å². The van der Waals surface area contributed by atoms with Gasteiger partial charge in [-0.3, -0.25) is 0 Å². The Morgan fingerprint density at radius 1 is 1.42 bits per heavy atom. The average molecular weight is 280 g/mol. The average Bonchev–Trinajstić information content (AvgIpc) is 2.81. The molecule has 1 aliphatic heterocycles. The Hall–Kier alpha value is -1.52. The second kappa shape index (κ2) is 5.63. The third kappa shape index (κ3) is 2.60. The van der Waals surface area contributed by atoms with Crippen LogP contribution in [0, 0.1) is 0 Å². The standard InChI is InChI=1S/C14H17N3O.ClH/c1-18-13-4-2-3-10(7-13)14-16-9-12-8-11(15)5-6-17(12)14;/h2-4,7,9,11H,5-6,8,15H2,1H3;1H. The molecule has 19 heavy (non-hydrogen) atoms. The van der Waals surface area contributed by atoms with Crippen LogP contribution in [0.3, 0.4) is 0 Å². The Balaban J connectivity index is 0.00000133. The maximum Gasteiger partial charge on any atom is 0.140 e. The summed E-state index contributed by atoms with van der Waals surface area (Å²) in [6.07, 6.45) is 3.87. The van der Waals surface area contributed by atoms with Crippen molar-refractivity contribution >= 4 is 12.4 Å². The fourth-order valence-corrected chi connectivity index (χ4v) is 2.48.